The molecule has 4 heterocycles. The number of anilines is 2. The first-order valence-electron chi connectivity index (χ1n) is 11.2. The summed E-state index contributed by atoms with van der Waals surface area (Å²) in [5, 5.41) is 6.56. The average Bonchev–Trinajstić information content (AvgIpc) is 3.47. The lowest BCUT2D eigenvalue weighted by Crippen LogP contribution is -2.33. The third-order valence-electron chi connectivity index (χ3n) is 6.16. The molecule has 9 heteroatoms. The number of morpholine rings is 1. The highest BCUT2D eigenvalue weighted by Crippen LogP contribution is 2.43. The highest BCUT2D eigenvalue weighted by atomic mass is 32.1. The van der Waals surface area contributed by atoms with E-state index in [9.17, 15) is 4.79 Å². The maximum Gasteiger partial charge on any atom is 0.263 e. The van der Waals surface area contributed by atoms with E-state index in [-0.39, 0.29) is 12.0 Å². The van der Waals surface area contributed by atoms with Gasteiger partial charge in [0.05, 0.1) is 34.0 Å². The number of carbonyl (C=O) groups is 1. The lowest BCUT2D eigenvalue weighted by Gasteiger charge is -2.23. The van der Waals surface area contributed by atoms with Gasteiger partial charge < -0.3 is 20.3 Å². The zero-order valence-corrected chi connectivity index (χ0v) is 19.2. The van der Waals surface area contributed by atoms with Crippen molar-refractivity contribution in [1.29, 1.82) is 0 Å². The molecular formula is C23H28N6O2S. The fourth-order valence-electron chi connectivity index (χ4n) is 4.49. The Bertz CT molecular complexity index is 1100. The molecule has 5 rings (SSSR count). The van der Waals surface area contributed by atoms with Crippen LogP contribution in [0.1, 0.15) is 58.5 Å². The van der Waals surface area contributed by atoms with E-state index in [1.165, 1.54) is 24.2 Å². The van der Waals surface area contributed by atoms with Crippen molar-refractivity contribution < 1.29 is 9.53 Å². The van der Waals surface area contributed by atoms with Gasteiger partial charge in [-0.05, 0) is 24.8 Å². The Labute approximate surface area is 191 Å². The van der Waals surface area contributed by atoms with Gasteiger partial charge in [0, 0.05) is 44.5 Å². The number of pyridine rings is 1. The lowest BCUT2D eigenvalue weighted by atomic mass is 9.96. The topological polar surface area (TPSA) is 92.3 Å². The van der Waals surface area contributed by atoms with Gasteiger partial charge in [0.2, 0.25) is 5.95 Å². The number of nitrogens with one attached hydrogen (secondary N) is 2. The second-order valence-electron chi connectivity index (χ2n) is 8.60. The Kier molecular flexibility index (Phi) is 6.03. The van der Waals surface area contributed by atoms with Gasteiger partial charge in [-0.15, -0.1) is 11.3 Å². The highest BCUT2D eigenvalue weighted by molar-refractivity contribution is 7.21. The fourth-order valence-corrected chi connectivity index (χ4v) is 5.71. The summed E-state index contributed by atoms with van der Waals surface area (Å²) in [5.41, 5.74) is 3.03. The first-order chi connectivity index (χ1) is 15.6. The van der Waals surface area contributed by atoms with Crippen LogP contribution in [-0.2, 0) is 4.74 Å². The predicted octanol–water partition coefficient (Wildman–Crippen LogP) is 3.85. The molecule has 1 atom stereocenters. The summed E-state index contributed by atoms with van der Waals surface area (Å²) < 4.78 is 6.74. The number of hydrogen-bond donors (Lipinski definition) is 2. The van der Waals surface area contributed by atoms with Gasteiger partial charge in [-0.3, -0.25) is 4.79 Å². The van der Waals surface area contributed by atoms with Crippen LogP contribution in [0.4, 0.5) is 11.8 Å². The largest absolute Gasteiger partial charge is 0.371 e. The number of hydrogen-bond acceptors (Lipinski definition) is 8. The van der Waals surface area contributed by atoms with Crippen LogP contribution in [0.5, 0.6) is 0 Å². The van der Waals surface area contributed by atoms with E-state index in [1.807, 2.05) is 24.5 Å². The number of thiophene rings is 1. The molecule has 0 aromatic carbocycles. The first kappa shape index (κ1) is 21.2. The van der Waals surface area contributed by atoms with Gasteiger partial charge in [-0.25, -0.2) is 15.0 Å². The molecule has 8 nitrogen and oxygen atoms in total. The fraction of sp³-hybridized carbons (Fsp3) is 0.478. The third-order valence-corrected chi connectivity index (χ3v) is 7.27. The molecule has 1 saturated heterocycles. The zero-order chi connectivity index (χ0) is 22.1. The third kappa shape index (κ3) is 4.20. The van der Waals surface area contributed by atoms with Crippen LogP contribution < -0.4 is 10.6 Å². The van der Waals surface area contributed by atoms with Gasteiger partial charge in [0.1, 0.15) is 5.82 Å². The monoisotopic (exact) mass is 452 g/mol. The van der Waals surface area contributed by atoms with Crippen LogP contribution in [-0.4, -0.2) is 59.6 Å². The number of carbonyl (C=O) groups excluding carboxylic acids is 1. The van der Waals surface area contributed by atoms with E-state index in [4.69, 9.17) is 9.72 Å². The number of rotatable bonds is 5. The zero-order valence-electron chi connectivity index (χ0n) is 18.4. The molecule has 3 aromatic rings. The van der Waals surface area contributed by atoms with Gasteiger partial charge >= 0.3 is 0 Å². The first-order valence-corrected chi connectivity index (χ1v) is 12.0. The van der Waals surface area contributed by atoms with E-state index in [0.29, 0.717) is 24.3 Å². The normalized spacial score (nSPS) is 19.4. The Hall–Kier alpha value is -2.62. The maximum absolute atomic E-state index is 12.9. The standard InChI is InChI=1S/C23H28N6O2S/c1-29(2)22(30)21-19(14-5-3-4-6-14)20-17(32-21)13-26-23(28-20)27-18-8-7-15(11-25-18)16-12-24-9-10-31-16/h7-8,11,13-14,16,24H,3-6,9-10,12H2,1-2H3,(H,25,26,27,28). The van der Waals surface area contributed by atoms with Crippen LogP contribution in [0.15, 0.2) is 24.5 Å². The van der Waals surface area contributed by atoms with Crippen LogP contribution in [0.2, 0.25) is 0 Å². The SMILES string of the molecule is CN(C)C(=O)c1sc2cnc(Nc3ccc(C4CNCCO4)cn3)nc2c1C1CCCC1. The van der Waals surface area contributed by atoms with Crippen molar-refractivity contribution in [3.8, 4) is 0 Å². The Balaban J connectivity index is 1.43. The Morgan fingerprint density at radius 1 is 1.22 bits per heavy atom. The van der Waals surface area contributed by atoms with Crippen molar-refractivity contribution in [3.63, 3.8) is 0 Å². The number of ether oxygens (including phenoxy) is 1. The molecule has 168 valence electrons. The highest BCUT2D eigenvalue weighted by Gasteiger charge is 2.29. The number of amides is 1. The average molecular weight is 453 g/mol. The van der Waals surface area contributed by atoms with Crippen molar-refractivity contribution in [1.82, 2.24) is 25.2 Å². The molecule has 2 fully saturated rings. The minimum Gasteiger partial charge on any atom is -0.371 e. The number of aromatic nitrogens is 3. The smallest absolute Gasteiger partial charge is 0.263 e. The minimum atomic E-state index is 0.0327. The molecule has 0 spiro atoms. The van der Waals surface area contributed by atoms with E-state index < -0.39 is 0 Å². The second kappa shape index (κ2) is 9.09. The molecule has 32 heavy (non-hydrogen) atoms. The van der Waals surface area contributed by atoms with Gasteiger partial charge in [0.15, 0.2) is 0 Å². The van der Waals surface area contributed by atoms with Crippen molar-refractivity contribution in [2.75, 3.05) is 39.1 Å². The lowest BCUT2D eigenvalue weighted by molar-refractivity contribution is 0.0275. The van der Waals surface area contributed by atoms with Crippen molar-refractivity contribution in [2.24, 2.45) is 0 Å². The molecule has 1 unspecified atom stereocenters. The minimum absolute atomic E-state index is 0.0327. The molecule has 1 amide bonds. The Morgan fingerprint density at radius 3 is 2.75 bits per heavy atom. The molecule has 2 aliphatic rings. The molecule has 0 radical (unpaired) electrons. The molecule has 2 N–H and O–H groups in total. The predicted molar refractivity (Wildman–Crippen MR) is 126 cm³/mol. The van der Waals surface area contributed by atoms with Crippen molar-refractivity contribution in [3.05, 3.63) is 40.5 Å². The van der Waals surface area contributed by atoms with Crippen LogP contribution in [0.3, 0.4) is 0 Å². The molecule has 1 aliphatic heterocycles. The van der Waals surface area contributed by atoms with Crippen molar-refractivity contribution in [2.45, 2.75) is 37.7 Å². The molecule has 0 bridgehead atoms. The maximum atomic E-state index is 12.9. The summed E-state index contributed by atoms with van der Waals surface area (Å²) in [6.07, 6.45) is 8.29. The summed E-state index contributed by atoms with van der Waals surface area (Å²) in [6.45, 7) is 2.39. The van der Waals surface area contributed by atoms with E-state index in [2.05, 4.69) is 20.6 Å². The molecule has 3 aromatic heterocycles. The number of fused-ring (bicyclic) bond motifs is 1. The second-order valence-corrected chi connectivity index (χ2v) is 9.65. The van der Waals surface area contributed by atoms with Crippen molar-refractivity contribution >= 4 is 39.2 Å². The van der Waals surface area contributed by atoms with Gasteiger partial charge in [-0.2, -0.15) is 0 Å². The van der Waals surface area contributed by atoms with Gasteiger partial charge in [0.25, 0.3) is 5.91 Å². The molecule has 1 saturated carbocycles. The van der Waals surface area contributed by atoms with Crippen LogP contribution in [0.25, 0.3) is 10.2 Å². The number of nitrogens with zero attached hydrogens (tertiary/aromatic N) is 4. The quantitative estimate of drug-likeness (QED) is 0.607. The summed E-state index contributed by atoms with van der Waals surface area (Å²) in [7, 11) is 3.60. The summed E-state index contributed by atoms with van der Waals surface area (Å²) in [6, 6.07) is 3.95. The molecule has 1 aliphatic carbocycles. The Morgan fingerprint density at radius 2 is 2.06 bits per heavy atom. The van der Waals surface area contributed by atoms with E-state index >= 15 is 0 Å². The van der Waals surface area contributed by atoms with Crippen LogP contribution in [0, 0.1) is 0 Å². The summed E-state index contributed by atoms with van der Waals surface area (Å²) in [5.74, 6) is 1.60. The van der Waals surface area contributed by atoms with E-state index in [1.54, 1.807) is 19.0 Å². The van der Waals surface area contributed by atoms with Gasteiger partial charge in [-0.1, -0.05) is 18.9 Å². The van der Waals surface area contributed by atoms with Crippen LogP contribution >= 0.6 is 11.3 Å². The molecular weight excluding hydrogens is 424 g/mol. The summed E-state index contributed by atoms with van der Waals surface area (Å²) >= 11 is 1.50. The summed E-state index contributed by atoms with van der Waals surface area (Å²) in [4.78, 5) is 29.2. The van der Waals surface area contributed by atoms with E-state index in [0.717, 1.165) is 52.2 Å².